The molecule has 2 amide bonds. The Kier molecular flexibility index (Phi) is 2.79. The minimum absolute atomic E-state index is 0.344. The predicted octanol–water partition coefficient (Wildman–Crippen LogP) is 1.65. The third-order valence-electron chi connectivity index (χ3n) is 1.88. The summed E-state index contributed by atoms with van der Waals surface area (Å²) in [5, 5.41) is 0. The van der Waals surface area contributed by atoms with E-state index < -0.39 is 20.0 Å². The van der Waals surface area contributed by atoms with Crippen molar-refractivity contribution in [3.05, 3.63) is 42.5 Å². The molecule has 0 aliphatic carbocycles. The zero-order valence-corrected chi connectivity index (χ0v) is 8.96. The molecule has 0 radical (unpaired) electrons. The molecule has 1 aliphatic heterocycles. The summed E-state index contributed by atoms with van der Waals surface area (Å²) in [5.41, 5.74) is 0. The van der Waals surface area contributed by atoms with E-state index in [0.29, 0.717) is 10.4 Å². The fourth-order valence-electron chi connectivity index (χ4n) is 1.17. The van der Waals surface area contributed by atoms with Gasteiger partial charge in [-0.25, -0.2) is 4.52 Å². The van der Waals surface area contributed by atoms with Gasteiger partial charge in [-0.2, -0.15) is 0 Å². The van der Waals surface area contributed by atoms with Crippen LogP contribution in [0.5, 0.6) is 5.75 Å². The summed E-state index contributed by atoms with van der Waals surface area (Å²) >= 11 is 0. The van der Waals surface area contributed by atoms with Gasteiger partial charge in [0.15, 0.2) is 5.75 Å². The van der Waals surface area contributed by atoms with Gasteiger partial charge in [-0.15, -0.1) is 0 Å². The molecule has 16 heavy (non-hydrogen) atoms. The first-order chi connectivity index (χ1) is 7.68. The highest BCUT2D eigenvalue weighted by molar-refractivity contribution is 7.39. The molecule has 0 fully saturated rings. The fourth-order valence-corrected chi connectivity index (χ4v) is 2.00. The van der Waals surface area contributed by atoms with E-state index >= 15 is 0 Å². The quantitative estimate of drug-likeness (QED) is 0.591. The van der Waals surface area contributed by atoms with Gasteiger partial charge >= 0.3 is 8.18 Å². The maximum absolute atomic E-state index is 11.6. The van der Waals surface area contributed by atoms with Crippen LogP contribution in [0.15, 0.2) is 42.5 Å². The Morgan fingerprint density at radius 2 is 1.56 bits per heavy atom. The Hall–Kier alpha value is -2.00. The van der Waals surface area contributed by atoms with Crippen LogP contribution >= 0.6 is 8.18 Å². The lowest BCUT2D eigenvalue weighted by Crippen LogP contribution is -2.23. The second-order valence-electron chi connectivity index (χ2n) is 2.96. The number of hydrogen-bond acceptors (Lipinski definition) is 4. The number of benzene rings is 1. The van der Waals surface area contributed by atoms with Crippen LogP contribution in [0.3, 0.4) is 0 Å². The van der Waals surface area contributed by atoms with Crippen LogP contribution in [0.2, 0.25) is 0 Å². The number of para-hydroxylation sites is 1. The third-order valence-corrected chi connectivity index (χ3v) is 2.96. The van der Waals surface area contributed by atoms with Gasteiger partial charge in [-0.3, -0.25) is 9.59 Å². The Balaban J connectivity index is 2.10. The molecule has 0 bridgehead atoms. The average molecular weight is 236 g/mol. The molecule has 0 spiro atoms. The first-order valence-corrected chi connectivity index (χ1v) is 5.58. The molecular weight excluding hydrogens is 229 g/mol. The minimum atomic E-state index is -2.51. The van der Waals surface area contributed by atoms with E-state index in [1.54, 1.807) is 30.3 Å². The maximum atomic E-state index is 11.6. The Morgan fingerprint density at radius 3 is 2.12 bits per heavy atom. The van der Waals surface area contributed by atoms with Crippen LogP contribution in [-0.4, -0.2) is 16.5 Å². The molecule has 0 saturated carbocycles. The van der Waals surface area contributed by atoms with Crippen LogP contribution in [-0.2, 0) is 14.2 Å². The SMILES string of the molecule is O=C1C=CC(=O)N1[P+](=O)Oc1ccccc1. The number of carbonyl (C=O) groups is 2. The molecule has 2 rings (SSSR count). The summed E-state index contributed by atoms with van der Waals surface area (Å²) in [7, 11) is -2.51. The zero-order valence-electron chi connectivity index (χ0n) is 8.07. The van der Waals surface area contributed by atoms with Gasteiger partial charge in [0, 0.05) is 16.7 Å². The summed E-state index contributed by atoms with van der Waals surface area (Å²) in [6.45, 7) is 0. The minimum Gasteiger partial charge on any atom is -0.265 e. The molecule has 5 nitrogen and oxygen atoms in total. The maximum Gasteiger partial charge on any atom is 0.708 e. The topological polar surface area (TPSA) is 63.7 Å². The van der Waals surface area contributed by atoms with E-state index in [1.165, 1.54) is 0 Å². The standard InChI is InChI=1S/C10H7NO4P/c12-9-6-7-10(13)11(9)16(14)15-8-4-2-1-3-5-8/h1-7H/q+1. The van der Waals surface area contributed by atoms with Crippen molar-refractivity contribution < 1.29 is 18.7 Å². The second-order valence-corrected chi connectivity index (χ2v) is 4.02. The molecule has 1 aromatic rings. The van der Waals surface area contributed by atoms with Crippen molar-refractivity contribution in [2.24, 2.45) is 0 Å². The molecule has 80 valence electrons. The van der Waals surface area contributed by atoms with Crippen molar-refractivity contribution in [3.8, 4) is 5.75 Å². The van der Waals surface area contributed by atoms with E-state index in [4.69, 9.17) is 4.52 Å². The van der Waals surface area contributed by atoms with Crippen molar-refractivity contribution in [2.45, 2.75) is 0 Å². The fraction of sp³-hybridized carbons (Fsp3) is 0. The van der Waals surface area contributed by atoms with Crippen LogP contribution < -0.4 is 4.52 Å². The number of carbonyl (C=O) groups excluding carboxylic acids is 2. The summed E-state index contributed by atoms with van der Waals surface area (Å²) in [5.74, 6) is -0.903. The number of nitrogens with zero attached hydrogens (tertiary/aromatic N) is 1. The van der Waals surface area contributed by atoms with Gasteiger partial charge in [-0.1, -0.05) is 18.2 Å². The molecule has 1 atom stereocenters. The van der Waals surface area contributed by atoms with Gasteiger partial charge in [0.2, 0.25) is 0 Å². The first kappa shape index (κ1) is 10.5. The summed E-state index contributed by atoms with van der Waals surface area (Å²) in [6.07, 6.45) is 2.12. The normalized spacial score (nSPS) is 15.5. The zero-order chi connectivity index (χ0) is 11.5. The number of hydrogen-bond donors (Lipinski definition) is 0. The molecule has 0 aromatic heterocycles. The van der Waals surface area contributed by atoms with Crippen molar-refractivity contribution in [3.63, 3.8) is 0 Å². The van der Waals surface area contributed by atoms with Crippen molar-refractivity contribution in [1.82, 2.24) is 4.67 Å². The highest BCUT2D eigenvalue weighted by Crippen LogP contribution is 2.33. The molecule has 0 N–H and O–H groups in total. The molecule has 1 unspecified atom stereocenters. The van der Waals surface area contributed by atoms with E-state index in [1.807, 2.05) is 0 Å². The molecule has 1 aromatic carbocycles. The van der Waals surface area contributed by atoms with E-state index in [-0.39, 0.29) is 0 Å². The van der Waals surface area contributed by atoms with Gasteiger partial charge in [0.1, 0.15) is 0 Å². The largest absolute Gasteiger partial charge is 0.708 e. The van der Waals surface area contributed by atoms with Gasteiger partial charge < -0.3 is 0 Å². The van der Waals surface area contributed by atoms with Gasteiger partial charge in [0.25, 0.3) is 11.8 Å². The highest BCUT2D eigenvalue weighted by atomic mass is 31.1. The van der Waals surface area contributed by atoms with E-state index in [9.17, 15) is 14.2 Å². The number of amides is 2. The molecule has 0 saturated heterocycles. The van der Waals surface area contributed by atoms with Crippen molar-refractivity contribution in [2.75, 3.05) is 0 Å². The van der Waals surface area contributed by atoms with Gasteiger partial charge in [0.05, 0.1) is 0 Å². The smallest absolute Gasteiger partial charge is 0.265 e. The number of rotatable bonds is 3. The predicted molar refractivity (Wildman–Crippen MR) is 55.7 cm³/mol. The van der Waals surface area contributed by atoms with E-state index in [0.717, 1.165) is 12.2 Å². The highest BCUT2D eigenvalue weighted by Gasteiger charge is 2.44. The van der Waals surface area contributed by atoms with Crippen LogP contribution in [0, 0.1) is 0 Å². The summed E-state index contributed by atoms with van der Waals surface area (Å²) in [4.78, 5) is 22.3. The van der Waals surface area contributed by atoms with Crippen LogP contribution in [0.4, 0.5) is 0 Å². The third kappa shape index (κ3) is 1.99. The summed E-state index contributed by atoms with van der Waals surface area (Å²) in [6, 6.07) is 8.35. The number of imide groups is 1. The second kappa shape index (κ2) is 4.24. The van der Waals surface area contributed by atoms with Crippen LogP contribution in [0.1, 0.15) is 0 Å². The average Bonchev–Trinajstić information content (AvgIpc) is 2.60. The lowest BCUT2D eigenvalue weighted by atomic mass is 10.3. The first-order valence-electron chi connectivity index (χ1n) is 4.45. The van der Waals surface area contributed by atoms with Crippen LogP contribution in [0.25, 0.3) is 0 Å². The van der Waals surface area contributed by atoms with Crippen molar-refractivity contribution >= 4 is 20.0 Å². The lowest BCUT2D eigenvalue weighted by Gasteiger charge is -1.98. The molecule has 1 heterocycles. The Labute approximate surface area is 92.2 Å². The summed E-state index contributed by atoms with van der Waals surface area (Å²) < 4.78 is 17.2. The molecular formula is C10H7NO4P+. The Bertz CT molecular complexity index is 465. The lowest BCUT2D eigenvalue weighted by molar-refractivity contribution is -0.131. The van der Waals surface area contributed by atoms with Gasteiger partial charge in [-0.05, 0) is 16.8 Å². The van der Waals surface area contributed by atoms with E-state index in [2.05, 4.69) is 0 Å². The monoisotopic (exact) mass is 236 g/mol. The Morgan fingerprint density at radius 1 is 1.00 bits per heavy atom. The molecule has 6 heteroatoms. The molecule has 1 aliphatic rings. The van der Waals surface area contributed by atoms with Crippen molar-refractivity contribution in [1.29, 1.82) is 0 Å².